The molecule has 1 unspecified atom stereocenters. The molecule has 1 aliphatic rings. The minimum atomic E-state index is 0. The average molecular weight is 569 g/mol. The summed E-state index contributed by atoms with van der Waals surface area (Å²) in [5.41, 5.74) is 2.30. The number of hydrogen-bond donors (Lipinski definition) is 1. The van der Waals surface area contributed by atoms with Gasteiger partial charge in [-0.05, 0) is 43.5 Å². The minimum absolute atomic E-state index is 0. The van der Waals surface area contributed by atoms with E-state index in [9.17, 15) is 0 Å². The molecule has 1 N–H and O–H groups in total. The van der Waals surface area contributed by atoms with Gasteiger partial charge in [0.1, 0.15) is 17.2 Å². The molecule has 33 heavy (non-hydrogen) atoms. The zero-order chi connectivity index (χ0) is 22.9. The lowest BCUT2D eigenvalue weighted by Crippen LogP contribution is -2.39. The van der Waals surface area contributed by atoms with Crippen LogP contribution in [-0.4, -0.2) is 65.4 Å². The number of aliphatic imine (C=N–C) groups is 1. The van der Waals surface area contributed by atoms with Gasteiger partial charge in [-0.1, -0.05) is 6.07 Å². The van der Waals surface area contributed by atoms with Crippen molar-refractivity contribution < 1.29 is 14.2 Å². The second-order valence-electron chi connectivity index (χ2n) is 8.03. The van der Waals surface area contributed by atoms with Crippen molar-refractivity contribution in [2.24, 2.45) is 10.9 Å². The van der Waals surface area contributed by atoms with Gasteiger partial charge in [-0.2, -0.15) is 0 Å². The molecule has 2 aromatic carbocycles. The molecule has 1 fully saturated rings. The fourth-order valence-corrected chi connectivity index (χ4v) is 4.02. The fourth-order valence-electron chi connectivity index (χ4n) is 4.02. The third-order valence-corrected chi connectivity index (χ3v) is 5.80. The van der Waals surface area contributed by atoms with E-state index in [0.717, 1.165) is 61.4 Å². The molecule has 1 saturated heterocycles. The van der Waals surface area contributed by atoms with Crippen LogP contribution >= 0.6 is 24.0 Å². The van der Waals surface area contributed by atoms with E-state index in [0.29, 0.717) is 12.5 Å². The van der Waals surface area contributed by atoms with Crippen molar-refractivity contribution in [3.63, 3.8) is 0 Å². The average Bonchev–Trinajstić information content (AvgIpc) is 3.31. The molecule has 0 spiro atoms. The lowest BCUT2D eigenvalue weighted by molar-refractivity contribution is 0.382. The van der Waals surface area contributed by atoms with Crippen molar-refractivity contribution in [1.82, 2.24) is 10.2 Å². The Labute approximate surface area is 215 Å². The molecule has 1 atom stereocenters. The maximum absolute atomic E-state index is 5.56. The summed E-state index contributed by atoms with van der Waals surface area (Å²) >= 11 is 0. The Morgan fingerprint density at radius 3 is 2.55 bits per heavy atom. The summed E-state index contributed by atoms with van der Waals surface area (Å²) in [6.07, 6.45) is 1.14. The van der Waals surface area contributed by atoms with Gasteiger partial charge in [0.2, 0.25) is 0 Å². The number of anilines is 1. The number of guanidine groups is 1. The first-order valence-electron chi connectivity index (χ1n) is 11.2. The molecular formula is C25H37IN4O3. The Kier molecular flexibility index (Phi) is 10.9. The zero-order valence-electron chi connectivity index (χ0n) is 20.3. The van der Waals surface area contributed by atoms with Crippen molar-refractivity contribution in [2.45, 2.75) is 19.9 Å². The standard InChI is InChI=1S/C25H36N4O3.HI/c1-6-26-25(28(2)18-20-10-11-23(31-4)15-24(20)32-5)27-16-19-12-13-29(17-19)21-8-7-9-22(14-21)30-3;/h7-11,14-15,19H,6,12-13,16-18H2,1-5H3,(H,26,27);1H. The summed E-state index contributed by atoms with van der Waals surface area (Å²) < 4.78 is 16.2. The molecule has 1 heterocycles. The third kappa shape index (κ3) is 7.31. The summed E-state index contributed by atoms with van der Waals surface area (Å²) in [5.74, 6) is 3.94. The lowest BCUT2D eigenvalue weighted by atomic mass is 10.1. The fraction of sp³-hybridized carbons (Fsp3) is 0.480. The number of methoxy groups -OCH3 is 3. The minimum Gasteiger partial charge on any atom is -0.497 e. The summed E-state index contributed by atoms with van der Waals surface area (Å²) in [4.78, 5) is 9.52. The monoisotopic (exact) mass is 568 g/mol. The smallest absolute Gasteiger partial charge is 0.193 e. The SMILES string of the molecule is CCNC(=NCC1CCN(c2cccc(OC)c2)C1)N(C)Cc1ccc(OC)cc1OC.I. The van der Waals surface area contributed by atoms with E-state index >= 15 is 0 Å². The van der Waals surface area contributed by atoms with Crippen LogP contribution in [0.1, 0.15) is 18.9 Å². The van der Waals surface area contributed by atoms with E-state index in [1.54, 1.807) is 21.3 Å². The van der Waals surface area contributed by atoms with Gasteiger partial charge in [0, 0.05) is 63.2 Å². The van der Waals surface area contributed by atoms with Gasteiger partial charge < -0.3 is 29.3 Å². The third-order valence-electron chi connectivity index (χ3n) is 5.80. The van der Waals surface area contributed by atoms with Gasteiger partial charge >= 0.3 is 0 Å². The molecule has 0 amide bonds. The molecule has 1 aliphatic heterocycles. The van der Waals surface area contributed by atoms with Crippen molar-refractivity contribution in [2.75, 3.05) is 59.5 Å². The normalized spacial score (nSPS) is 15.6. The van der Waals surface area contributed by atoms with Crippen LogP contribution in [0.4, 0.5) is 5.69 Å². The highest BCUT2D eigenvalue weighted by Gasteiger charge is 2.23. The van der Waals surface area contributed by atoms with E-state index in [2.05, 4.69) is 41.2 Å². The van der Waals surface area contributed by atoms with Crippen LogP contribution in [0.25, 0.3) is 0 Å². The molecule has 3 rings (SSSR count). The number of halogens is 1. The number of ether oxygens (including phenoxy) is 3. The van der Waals surface area contributed by atoms with Crippen LogP contribution in [0, 0.1) is 5.92 Å². The quantitative estimate of drug-likeness (QED) is 0.277. The molecule has 182 valence electrons. The van der Waals surface area contributed by atoms with Gasteiger partial charge in [-0.3, -0.25) is 4.99 Å². The van der Waals surface area contributed by atoms with Crippen LogP contribution in [0.15, 0.2) is 47.5 Å². The molecule has 0 aliphatic carbocycles. The maximum atomic E-state index is 5.56. The van der Waals surface area contributed by atoms with Crippen LogP contribution in [0.2, 0.25) is 0 Å². The second kappa shape index (κ2) is 13.4. The molecule has 8 heteroatoms. The second-order valence-corrected chi connectivity index (χ2v) is 8.03. The predicted octanol–water partition coefficient (Wildman–Crippen LogP) is 4.25. The first-order valence-corrected chi connectivity index (χ1v) is 11.2. The molecular weight excluding hydrogens is 531 g/mol. The van der Waals surface area contributed by atoms with Crippen LogP contribution in [-0.2, 0) is 6.54 Å². The molecule has 0 radical (unpaired) electrons. The first-order chi connectivity index (χ1) is 15.6. The van der Waals surface area contributed by atoms with Gasteiger partial charge in [-0.25, -0.2) is 0 Å². The van der Waals surface area contributed by atoms with E-state index in [1.807, 2.05) is 30.3 Å². The van der Waals surface area contributed by atoms with Crippen molar-refractivity contribution in [3.8, 4) is 17.2 Å². The Balaban J connectivity index is 0.00000385. The van der Waals surface area contributed by atoms with Crippen LogP contribution in [0.5, 0.6) is 17.2 Å². The number of nitrogens with one attached hydrogen (secondary N) is 1. The topological polar surface area (TPSA) is 58.6 Å². The highest BCUT2D eigenvalue weighted by molar-refractivity contribution is 14.0. The maximum Gasteiger partial charge on any atom is 0.193 e. The van der Waals surface area contributed by atoms with Gasteiger partial charge in [-0.15, -0.1) is 24.0 Å². The van der Waals surface area contributed by atoms with Gasteiger partial charge in [0.25, 0.3) is 0 Å². The van der Waals surface area contributed by atoms with Crippen molar-refractivity contribution >= 4 is 35.6 Å². The van der Waals surface area contributed by atoms with Gasteiger partial charge in [0.15, 0.2) is 5.96 Å². The summed E-state index contributed by atoms with van der Waals surface area (Å²) in [7, 11) is 7.12. The number of nitrogens with zero attached hydrogens (tertiary/aromatic N) is 3. The summed E-state index contributed by atoms with van der Waals surface area (Å²) in [6.45, 7) is 6.46. The molecule has 0 aromatic heterocycles. The zero-order valence-corrected chi connectivity index (χ0v) is 22.7. The van der Waals surface area contributed by atoms with Gasteiger partial charge in [0.05, 0.1) is 21.3 Å². The Bertz CT molecular complexity index is 909. The summed E-state index contributed by atoms with van der Waals surface area (Å²) in [5, 5.41) is 3.42. The highest BCUT2D eigenvalue weighted by Crippen LogP contribution is 2.28. The van der Waals surface area contributed by atoms with E-state index in [1.165, 1.54) is 5.69 Å². The highest BCUT2D eigenvalue weighted by atomic mass is 127. The van der Waals surface area contributed by atoms with Crippen molar-refractivity contribution in [3.05, 3.63) is 48.0 Å². The largest absolute Gasteiger partial charge is 0.497 e. The number of rotatable bonds is 9. The van der Waals surface area contributed by atoms with Crippen LogP contribution < -0.4 is 24.4 Å². The van der Waals surface area contributed by atoms with Crippen molar-refractivity contribution in [1.29, 1.82) is 0 Å². The van der Waals surface area contributed by atoms with E-state index in [-0.39, 0.29) is 24.0 Å². The van der Waals surface area contributed by atoms with E-state index < -0.39 is 0 Å². The Hall–Kier alpha value is -2.36. The Morgan fingerprint density at radius 1 is 1.09 bits per heavy atom. The lowest BCUT2D eigenvalue weighted by Gasteiger charge is -2.24. The molecule has 0 bridgehead atoms. The summed E-state index contributed by atoms with van der Waals surface area (Å²) in [6, 6.07) is 14.2. The van der Waals surface area contributed by atoms with Crippen LogP contribution in [0.3, 0.4) is 0 Å². The Morgan fingerprint density at radius 2 is 1.85 bits per heavy atom. The molecule has 7 nitrogen and oxygen atoms in total. The first kappa shape index (κ1) is 26.9. The predicted molar refractivity (Wildman–Crippen MR) is 146 cm³/mol. The number of benzene rings is 2. The molecule has 0 saturated carbocycles. The molecule has 2 aromatic rings. The van der Waals surface area contributed by atoms with E-state index in [4.69, 9.17) is 19.2 Å². The number of hydrogen-bond acceptors (Lipinski definition) is 5.